The minimum atomic E-state index is -1.04. The van der Waals surface area contributed by atoms with E-state index in [4.69, 9.17) is 28.3 Å². The van der Waals surface area contributed by atoms with Crippen molar-refractivity contribution in [3.63, 3.8) is 0 Å². The molecule has 2 aliphatic rings. The minimum absolute atomic E-state index is 0. The molecular formula is C23H21Cl2LiN4O5S. The van der Waals surface area contributed by atoms with Gasteiger partial charge in [0.15, 0.2) is 5.13 Å². The number of aromatic carboxylic acids is 2. The van der Waals surface area contributed by atoms with Gasteiger partial charge in [0.05, 0.1) is 21.3 Å². The quantitative estimate of drug-likeness (QED) is 0.328. The predicted octanol–water partition coefficient (Wildman–Crippen LogP) is 1.05. The average molecular weight is 543 g/mol. The number of aromatic nitrogens is 2. The number of hydrogen-bond donors (Lipinski definition) is 4. The number of H-pyrrole nitrogens is 1. The maximum Gasteiger partial charge on any atom is 1.00 e. The molecule has 4 N–H and O–H groups in total. The molecule has 2 aromatic heterocycles. The second kappa shape index (κ2) is 10.1. The third-order valence-corrected chi connectivity index (χ3v) is 8.59. The van der Waals surface area contributed by atoms with Crippen LogP contribution >= 0.6 is 34.5 Å². The number of fused-ring (bicyclic) bond motifs is 1. The zero-order valence-corrected chi connectivity index (χ0v) is 21.7. The van der Waals surface area contributed by atoms with Crippen LogP contribution in [-0.2, 0) is 6.42 Å². The van der Waals surface area contributed by atoms with E-state index in [-0.39, 0.29) is 71.7 Å². The number of aryl methyl sites for hydroxylation is 1. The molecule has 9 nitrogen and oxygen atoms in total. The Morgan fingerprint density at radius 2 is 1.78 bits per heavy atom. The van der Waals surface area contributed by atoms with Gasteiger partial charge in [0.1, 0.15) is 10.6 Å². The first-order valence-corrected chi connectivity index (χ1v) is 12.4. The summed E-state index contributed by atoms with van der Waals surface area (Å²) in [6, 6.07) is 6.32. The predicted molar refractivity (Wildman–Crippen MR) is 132 cm³/mol. The number of piperidine rings is 1. The Bertz CT molecular complexity index is 1350. The van der Waals surface area contributed by atoms with E-state index in [1.807, 2.05) is 0 Å². The topological polar surface area (TPSA) is 136 Å². The van der Waals surface area contributed by atoms with Crippen molar-refractivity contribution in [2.75, 3.05) is 18.0 Å². The number of rotatable bonds is 7. The first-order valence-electron chi connectivity index (χ1n) is 10.8. The first-order chi connectivity index (χ1) is 16.6. The normalized spacial score (nSPS) is 20.0. The molecule has 1 saturated heterocycles. The second-order valence-electron chi connectivity index (χ2n) is 8.74. The fraction of sp³-hybridized carbons (Fsp3) is 0.304. The summed E-state index contributed by atoms with van der Waals surface area (Å²) in [7, 11) is 0. The second-order valence-corrected chi connectivity index (χ2v) is 10.5. The minimum Gasteiger partial charge on any atom is -1.00 e. The fourth-order valence-corrected chi connectivity index (χ4v) is 5.92. The molecule has 2 fully saturated rings. The molecule has 1 aromatic carbocycles. The number of carbonyl (C=O) groups is 3. The number of carboxylic acids is 2. The van der Waals surface area contributed by atoms with Gasteiger partial charge in [-0.15, -0.1) is 0 Å². The van der Waals surface area contributed by atoms with Crippen molar-refractivity contribution in [2.24, 2.45) is 11.8 Å². The summed E-state index contributed by atoms with van der Waals surface area (Å²) in [5.74, 6) is -1.87. The van der Waals surface area contributed by atoms with Gasteiger partial charge in [-0.05, 0) is 24.6 Å². The number of nitrogens with zero attached hydrogens (tertiary/aromatic N) is 2. The van der Waals surface area contributed by atoms with Crippen LogP contribution in [0.1, 0.15) is 48.9 Å². The summed E-state index contributed by atoms with van der Waals surface area (Å²) in [4.78, 5) is 45.2. The Hall–Kier alpha value is -2.48. The van der Waals surface area contributed by atoms with Gasteiger partial charge in [0.2, 0.25) is 0 Å². The number of nitrogens with one attached hydrogen (secondary N) is 2. The smallest absolute Gasteiger partial charge is 1.00 e. The molecule has 1 amide bonds. The molecule has 1 saturated carbocycles. The van der Waals surface area contributed by atoms with E-state index < -0.39 is 11.9 Å². The van der Waals surface area contributed by atoms with Crippen molar-refractivity contribution in [3.8, 4) is 0 Å². The molecule has 3 heterocycles. The van der Waals surface area contributed by atoms with Crippen LogP contribution in [-0.4, -0.2) is 57.2 Å². The number of benzene rings is 1. The number of aromatic amines is 1. The Morgan fingerprint density at radius 3 is 2.31 bits per heavy atom. The van der Waals surface area contributed by atoms with E-state index in [0.717, 1.165) is 16.9 Å². The number of carboxylic acid groups (broad SMARTS) is 2. The van der Waals surface area contributed by atoms with Gasteiger partial charge < -0.3 is 26.8 Å². The van der Waals surface area contributed by atoms with Crippen LogP contribution < -0.4 is 29.1 Å². The maximum atomic E-state index is 12.6. The van der Waals surface area contributed by atoms with Gasteiger partial charge in [0, 0.05) is 43.1 Å². The van der Waals surface area contributed by atoms with E-state index >= 15 is 0 Å². The van der Waals surface area contributed by atoms with Gasteiger partial charge in [0.25, 0.3) is 5.91 Å². The third-order valence-electron chi connectivity index (χ3n) is 6.50. The summed E-state index contributed by atoms with van der Waals surface area (Å²) in [6.07, 6.45) is 0.288. The number of thiazole rings is 1. The van der Waals surface area contributed by atoms with Crippen LogP contribution in [0.25, 0.3) is 0 Å². The van der Waals surface area contributed by atoms with Crippen molar-refractivity contribution in [3.05, 3.63) is 67.4 Å². The maximum absolute atomic E-state index is 12.6. The number of anilines is 1. The largest absolute Gasteiger partial charge is 1.00 e. The molecule has 13 heteroatoms. The fourth-order valence-electron chi connectivity index (χ4n) is 4.57. The van der Waals surface area contributed by atoms with Gasteiger partial charge in [-0.25, -0.2) is 14.6 Å². The van der Waals surface area contributed by atoms with Crippen LogP contribution in [0.15, 0.2) is 24.3 Å². The van der Waals surface area contributed by atoms with Crippen LogP contribution in [0.4, 0.5) is 5.13 Å². The number of halogens is 2. The van der Waals surface area contributed by atoms with E-state index in [1.54, 1.807) is 19.1 Å². The average Bonchev–Trinajstić information content (AvgIpc) is 3.19. The van der Waals surface area contributed by atoms with Crippen molar-refractivity contribution >= 4 is 57.5 Å². The first kappa shape index (κ1) is 26.6. The molecule has 0 bridgehead atoms. The van der Waals surface area contributed by atoms with Gasteiger partial charge in [-0.3, -0.25) is 4.79 Å². The standard InChI is InChI=1S/C23H20Cl2N4O5S.Li.H/c1-9-15(24)16(25)18(26-9)20(30)28-17-12-7-29(8-13(12)17)23-27-14(19(35-23)22(33)34)6-10-2-4-11(5-3-10)21(31)32;;/h2-5,12-13,17,26H,6-8H2,1H3,(H,28,30)(H,31,32)(H,33,34);;/q;+1;-1/t12-,13+,17?;;. The van der Waals surface area contributed by atoms with E-state index in [2.05, 4.69) is 20.2 Å². The summed E-state index contributed by atoms with van der Waals surface area (Å²) in [5, 5.41) is 22.9. The summed E-state index contributed by atoms with van der Waals surface area (Å²) in [5.41, 5.74) is 2.28. The number of amides is 1. The van der Waals surface area contributed by atoms with Gasteiger partial charge in [-0.1, -0.05) is 46.7 Å². The van der Waals surface area contributed by atoms with Crippen molar-refractivity contribution in [1.29, 1.82) is 0 Å². The van der Waals surface area contributed by atoms with E-state index in [9.17, 15) is 19.5 Å². The zero-order chi connectivity index (χ0) is 25.0. The number of hydrogen-bond acceptors (Lipinski definition) is 6. The van der Waals surface area contributed by atoms with Crippen LogP contribution in [0.2, 0.25) is 10.0 Å². The molecule has 36 heavy (non-hydrogen) atoms. The zero-order valence-electron chi connectivity index (χ0n) is 20.3. The Labute approximate surface area is 233 Å². The molecule has 184 valence electrons. The Morgan fingerprint density at radius 1 is 1.14 bits per heavy atom. The molecule has 0 radical (unpaired) electrons. The molecule has 1 unspecified atom stereocenters. The Balaban J connectivity index is 0.00000190. The van der Waals surface area contributed by atoms with Gasteiger partial charge >= 0.3 is 30.8 Å². The Kier molecular flexibility index (Phi) is 7.47. The van der Waals surface area contributed by atoms with E-state index in [1.165, 1.54) is 12.1 Å². The molecule has 3 aromatic rings. The van der Waals surface area contributed by atoms with Crippen LogP contribution in [0, 0.1) is 18.8 Å². The van der Waals surface area contributed by atoms with Crippen LogP contribution in [0.3, 0.4) is 0 Å². The van der Waals surface area contributed by atoms with Crippen molar-refractivity contribution < 1.29 is 44.9 Å². The summed E-state index contributed by atoms with van der Waals surface area (Å²) in [6.45, 7) is 3.06. The van der Waals surface area contributed by atoms with Crippen molar-refractivity contribution in [2.45, 2.75) is 19.4 Å². The van der Waals surface area contributed by atoms with E-state index in [0.29, 0.717) is 34.6 Å². The molecule has 1 aliphatic carbocycles. The SMILES string of the molecule is Cc1[nH]c(C(=O)NC2[C@H]3CN(c4nc(Cc5ccc(C(=O)O)cc5)c(C(=O)O)s4)C[C@@H]23)c(Cl)c1Cl.[H-].[Li+]. The molecule has 3 atom stereocenters. The molecule has 5 rings (SSSR count). The molecular weight excluding hydrogens is 522 g/mol. The van der Waals surface area contributed by atoms with Crippen LogP contribution in [0.5, 0.6) is 0 Å². The number of carbonyl (C=O) groups excluding carboxylic acids is 1. The summed E-state index contributed by atoms with van der Waals surface area (Å²) >= 11 is 13.3. The summed E-state index contributed by atoms with van der Waals surface area (Å²) < 4.78 is 0. The monoisotopic (exact) mass is 542 g/mol. The van der Waals surface area contributed by atoms with Gasteiger partial charge in [-0.2, -0.15) is 0 Å². The third kappa shape index (κ3) is 4.88. The molecule has 0 spiro atoms. The van der Waals surface area contributed by atoms with Crippen molar-refractivity contribution in [1.82, 2.24) is 15.3 Å². The molecule has 1 aliphatic heterocycles.